The van der Waals surface area contributed by atoms with E-state index in [1.54, 1.807) is 50.6 Å². The summed E-state index contributed by atoms with van der Waals surface area (Å²) in [6, 6.07) is 13.4. The van der Waals surface area contributed by atoms with Crippen molar-refractivity contribution in [3.05, 3.63) is 84.4 Å². The fourth-order valence-electron chi connectivity index (χ4n) is 5.22. The van der Waals surface area contributed by atoms with Gasteiger partial charge in [-0.15, -0.1) is 0 Å². The Balaban J connectivity index is 1.59. The first-order valence-corrected chi connectivity index (χ1v) is 15.7. The highest BCUT2D eigenvalue weighted by Gasteiger charge is 2.31. The van der Waals surface area contributed by atoms with Crippen LogP contribution in [0.25, 0.3) is 0 Å². The third kappa shape index (κ3) is 10.4. The second-order valence-corrected chi connectivity index (χ2v) is 11.9. The Labute approximate surface area is 274 Å². The third-order valence-corrected chi connectivity index (χ3v) is 7.73. The van der Waals surface area contributed by atoms with Gasteiger partial charge in [0.2, 0.25) is 23.6 Å². The number of hydrogen-bond donors (Lipinski definition) is 4. The Hall–Kier alpha value is -5.20. The molecule has 2 heterocycles. The molecule has 0 unspecified atom stereocenters. The van der Waals surface area contributed by atoms with E-state index in [9.17, 15) is 24.0 Å². The van der Waals surface area contributed by atoms with Gasteiger partial charge in [0, 0.05) is 32.5 Å². The molecule has 3 atom stereocenters. The molecular formula is C34H43N7O6. The zero-order valence-corrected chi connectivity index (χ0v) is 27.0. The molecule has 1 aliphatic rings. The molecule has 4 N–H and O–H groups in total. The lowest BCUT2D eigenvalue weighted by Gasteiger charge is -2.28. The summed E-state index contributed by atoms with van der Waals surface area (Å²) in [6.07, 6.45) is 5.78. The number of likely N-dealkylation sites (N-methyl/N-ethyl adjacent to an activating group) is 1. The zero-order valence-electron chi connectivity index (χ0n) is 27.0. The topological polar surface area (TPSA) is 164 Å². The summed E-state index contributed by atoms with van der Waals surface area (Å²) in [4.78, 5) is 72.1. The van der Waals surface area contributed by atoms with Gasteiger partial charge >= 0.3 is 0 Å². The molecule has 47 heavy (non-hydrogen) atoms. The van der Waals surface area contributed by atoms with Crippen molar-refractivity contribution in [3.63, 3.8) is 0 Å². The number of para-hydroxylation sites is 1. The molecule has 4 rings (SSSR count). The van der Waals surface area contributed by atoms with Crippen LogP contribution in [0.4, 0.5) is 0 Å². The lowest BCUT2D eigenvalue weighted by Crippen LogP contribution is -2.54. The number of rotatable bonds is 8. The van der Waals surface area contributed by atoms with E-state index in [0.29, 0.717) is 25.9 Å². The van der Waals surface area contributed by atoms with Gasteiger partial charge in [-0.2, -0.15) is 0 Å². The van der Waals surface area contributed by atoms with E-state index in [4.69, 9.17) is 4.74 Å². The third-order valence-electron chi connectivity index (χ3n) is 7.73. The van der Waals surface area contributed by atoms with Crippen molar-refractivity contribution in [1.82, 2.24) is 35.7 Å². The number of hydrogen-bond acceptors (Lipinski definition) is 7. The minimum absolute atomic E-state index is 0.0259. The summed E-state index contributed by atoms with van der Waals surface area (Å²) in [6.45, 7) is 4.25. The number of fused-ring (bicyclic) bond motifs is 1. The van der Waals surface area contributed by atoms with Crippen LogP contribution in [-0.4, -0.2) is 88.9 Å². The minimum atomic E-state index is -1.24. The summed E-state index contributed by atoms with van der Waals surface area (Å²) < 4.78 is 7.98. The predicted molar refractivity (Wildman–Crippen MR) is 174 cm³/mol. The van der Waals surface area contributed by atoms with Crippen LogP contribution in [0.5, 0.6) is 5.75 Å². The molecule has 3 aromatic rings. The molecule has 0 bridgehead atoms. The number of nitrogens with zero attached hydrogens (tertiary/aromatic N) is 3. The molecule has 250 valence electrons. The Morgan fingerprint density at radius 1 is 1.00 bits per heavy atom. The van der Waals surface area contributed by atoms with E-state index in [-0.39, 0.29) is 30.4 Å². The molecule has 13 heteroatoms. The molecule has 0 saturated carbocycles. The van der Waals surface area contributed by atoms with Gasteiger partial charge < -0.3 is 35.5 Å². The number of nitrogens with one attached hydrogen (secondary N) is 4. The first-order valence-electron chi connectivity index (χ1n) is 15.7. The number of carbonyl (C=O) groups excluding carboxylic acids is 5. The molecule has 2 aromatic carbocycles. The fourth-order valence-corrected chi connectivity index (χ4v) is 5.22. The maximum atomic E-state index is 13.6. The van der Waals surface area contributed by atoms with Crippen molar-refractivity contribution in [2.24, 2.45) is 5.92 Å². The van der Waals surface area contributed by atoms with Gasteiger partial charge in [0.1, 0.15) is 24.4 Å². The SMILES string of the molecule is CC(C)[C@@H]1NC(=O)C[C@@H](C(=O)NCCCn2ccnc2)NC(=O)c2ccccc2OC[C@@H](Cc2ccccc2)NC(=O)CN(C)C1=O. The highest BCUT2D eigenvalue weighted by atomic mass is 16.5. The maximum absolute atomic E-state index is 13.6. The minimum Gasteiger partial charge on any atom is -0.491 e. The molecular weight excluding hydrogens is 602 g/mol. The van der Waals surface area contributed by atoms with Crippen molar-refractivity contribution in [3.8, 4) is 5.75 Å². The highest BCUT2D eigenvalue weighted by molar-refractivity contribution is 6.01. The Morgan fingerprint density at radius 2 is 1.74 bits per heavy atom. The van der Waals surface area contributed by atoms with Gasteiger partial charge in [0.25, 0.3) is 5.91 Å². The van der Waals surface area contributed by atoms with E-state index in [1.807, 2.05) is 41.1 Å². The molecule has 0 radical (unpaired) electrons. The van der Waals surface area contributed by atoms with Gasteiger partial charge in [0.05, 0.1) is 30.9 Å². The molecule has 5 amide bonds. The number of benzene rings is 2. The van der Waals surface area contributed by atoms with Gasteiger partial charge in [-0.25, -0.2) is 4.98 Å². The van der Waals surface area contributed by atoms with E-state index in [1.165, 1.54) is 11.9 Å². The summed E-state index contributed by atoms with van der Waals surface area (Å²) >= 11 is 0. The van der Waals surface area contributed by atoms with Crippen LogP contribution in [-0.2, 0) is 32.1 Å². The summed E-state index contributed by atoms with van der Waals surface area (Å²) in [5.74, 6) is -2.70. The summed E-state index contributed by atoms with van der Waals surface area (Å²) in [5, 5.41) is 11.2. The van der Waals surface area contributed by atoms with Crippen LogP contribution in [0.3, 0.4) is 0 Å². The van der Waals surface area contributed by atoms with Crippen LogP contribution in [0.15, 0.2) is 73.3 Å². The second-order valence-electron chi connectivity index (χ2n) is 11.9. The van der Waals surface area contributed by atoms with Crippen LogP contribution in [0.2, 0.25) is 0 Å². The molecule has 0 fully saturated rings. The molecule has 0 saturated heterocycles. The molecule has 0 aliphatic carbocycles. The molecule has 1 aromatic heterocycles. The Bertz CT molecular complexity index is 1510. The fraction of sp³-hybridized carbons (Fsp3) is 0.412. The first-order chi connectivity index (χ1) is 22.6. The summed E-state index contributed by atoms with van der Waals surface area (Å²) in [7, 11) is 1.50. The predicted octanol–water partition coefficient (Wildman–Crippen LogP) is 1.30. The van der Waals surface area contributed by atoms with Gasteiger partial charge in [0.15, 0.2) is 0 Å². The number of aryl methyl sites for hydroxylation is 1. The average molecular weight is 646 g/mol. The molecule has 0 spiro atoms. The lowest BCUT2D eigenvalue weighted by molar-refractivity contribution is -0.139. The van der Waals surface area contributed by atoms with Crippen LogP contribution in [0, 0.1) is 5.92 Å². The molecule has 13 nitrogen and oxygen atoms in total. The van der Waals surface area contributed by atoms with Gasteiger partial charge in [-0.1, -0.05) is 56.3 Å². The van der Waals surface area contributed by atoms with Crippen molar-refractivity contribution in [1.29, 1.82) is 0 Å². The van der Waals surface area contributed by atoms with Crippen LogP contribution in [0.1, 0.15) is 42.6 Å². The lowest BCUT2D eigenvalue weighted by atomic mass is 10.0. The van der Waals surface area contributed by atoms with E-state index in [2.05, 4.69) is 26.3 Å². The van der Waals surface area contributed by atoms with Crippen molar-refractivity contribution < 1.29 is 28.7 Å². The van der Waals surface area contributed by atoms with E-state index >= 15 is 0 Å². The number of imidazole rings is 1. The number of ether oxygens (including phenoxy) is 1. The smallest absolute Gasteiger partial charge is 0.255 e. The largest absolute Gasteiger partial charge is 0.491 e. The number of aromatic nitrogens is 2. The molecule has 1 aliphatic heterocycles. The van der Waals surface area contributed by atoms with Crippen LogP contribution < -0.4 is 26.0 Å². The number of amides is 5. The van der Waals surface area contributed by atoms with Crippen molar-refractivity contribution in [2.45, 2.75) is 57.8 Å². The zero-order chi connectivity index (χ0) is 33.8. The normalized spacial score (nSPS) is 19.9. The van der Waals surface area contributed by atoms with Gasteiger partial charge in [-0.3, -0.25) is 24.0 Å². The Morgan fingerprint density at radius 3 is 2.47 bits per heavy atom. The van der Waals surface area contributed by atoms with Crippen LogP contribution >= 0.6 is 0 Å². The first kappa shape index (κ1) is 34.7. The Kier molecular flexibility index (Phi) is 12.5. The monoisotopic (exact) mass is 645 g/mol. The highest BCUT2D eigenvalue weighted by Crippen LogP contribution is 2.19. The number of carbonyl (C=O) groups is 5. The van der Waals surface area contributed by atoms with Crippen molar-refractivity contribution >= 4 is 29.5 Å². The second kappa shape index (κ2) is 16.9. The van der Waals surface area contributed by atoms with E-state index in [0.717, 1.165) is 5.56 Å². The average Bonchev–Trinajstić information content (AvgIpc) is 3.57. The van der Waals surface area contributed by atoms with Gasteiger partial charge in [-0.05, 0) is 36.5 Å². The maximum Gasteiger partial charge on any atom is 0.255 e. The summed E-state index contributed by atoms with van der Waals surface area (Å²) in [5.41, 5.74) is 1.12. The quantitative estimate of drug-likeness (QED) is 0.268. The standard InChI is InChI=1S/C34H43N7O6/c1-23(2)31-34(46)40(3)20-30(43)37-25(18-24-10-5-4-6-11-24)21-47-28-13-8-7-12-26(28)32(44)38-27(19-29(42)39-31)33(45)36-14-9-16-41-17-15-35-22-41/h4-8,10-13,15,17,22-23,25,27,31H,9,14,16,18-21H2,1-3H3,(H,36,45)(H,37,43)(H,38,44)(H,39,42)/t25-,27+,31+/m1/s1. The van der Waals surface area contributed by atoms with Crippen molar-refractivity contribution in [2.75, 3.05) is 26.7 Å². The van der Waals surface area contributed by atoms with E-state index < -0.39 is 54.1 Å².